The Morgan fingerprint density at radius 1 is 1.42 bits per heavy atom. The van der Waals surface area contributed by atoms with Crippen LogP contribution in [0.4, 0.5) is 13.2 Å². The van der Waals surface area contributed by atoms with Crippen LogP contribution in [0.25, 0.3) is 0 Å². The van der Waals surface area contributed by atoms with Crippen LogP contribution < -0.4 is 0 Å². The summed E-state index contributed by atoms with van der Waals surface area (Å²) in [5.41, 5.74) is 1.66. The highest BCUT2D eigenvalue weighted by atomic mass is 19.4. The Labute approximate surface area is 136 Å². The molecule has 1 amide bonds. The molecule has 0 saturated heterocycles. The molecule has 0 radical (unpaired) electrons. The van der Waals surface area contributed by atoms with Gasteiger partial charge in [0.05, 0.1) is 11.3 Å². The van der Waals surface area contributed by atoms with E-state index < -0.39 is 23.8 Å². The molecule has 0 saturated carbocycles. The summed E-state index contributed by atoms with van der Waals surface area (Å²) < 4.78 is 38.3. The van der Waals surface area contributed by atoms with Crippen molar-refractivity contribution in [1.82, 2.24) is 15.1 Å². The second-order valence-corrected chi connectivity index (χ2v) is 5.81. The highest BCUT2D eigenvalue weighted by molar-refractivity contribution is 5.82. The van der Waals surface area contributed by atoms with E-state index in [0.717, 1.165) is 29.1 Å². The number of aromatic amines is 1. The number of fused-ring (bicyclic) bond motifs is 1. The minimum atomic E-state index is -4.52. The van der Waals surface area contributed by atoms with Crippen molar-refractivity contribution in [3.63, 3.8) is 0 Å². The molecule has 1 aromatic carbocycles. The van der Waals surface area contributed by atoms with Gasteiger partial charge in [0.15, 0.2) is 6.10 Å². The average molecular weight is 339 g/mol. The molecule has 1 atom stereocenters. The Morgan fingerprint density at radius 3 is 2.88 bits per heavy atom. The molecule has 2 N–H and O–H groups in total. The highest BCUT2D eigenvalue weighted by Gasteiger charge is 2.33. The maximum Gasteiger partial charge on any atom is 0.416 e. The number of hydrogen-bond donors (Lipinski definition) is 2. The van der Waals surface area contributed by atoms with Crippen LogP contribution in [-0.4, -0.2) is 32.7 Å². The Kier molecular flexibility index (Phi) is 4.08. The lowest BCUT2D eigenvalue weighted by molar-refractivity contribution is -0.142. The van der Waals surface area contributed by atoms with Gasteiger partial charge >= 0.3 is 6.18 Å². The predicted octanol–water partition coefficient (Wildman–Crippen LogP) is 2.36. The van der Waals surface area contributed by atoms with Crippen molar-refractivity contribution in [2.45, 2.75) is 32.2 Å². The summed E-state index contributed by atoms with van der Waals surface area (Å²) in [6.07, 6.45) is -5.60. The van der Waals surface area contributed by atoms with Crippen LogP contribution in [0.15, 0.2) is 24.3 Å². The zero-order valence-corrected chi connectivity index (χ0v) is 12.9. The van der Waals surface area contributed by atoms with Crippen molar-refractivity contribution in [1.29, 1.82) is 0 Å². The molecule has 0 fully saturated rings. The van der Waals surface area contributed by atoms with Gasteiger partial charge < -0.3 is 10.0 Å². The molecular weight excluding hydrogens is 323 g/mol. The molecule has 5 nitrogen and oxygen atoms in total. The van der Waals surface area contributed by atoms with E-state index in [2.05, 4.69) is 10.2 Å². The van der Waals surface area contributed by atoms with Crippen LogP contribution in [0.5, 0.6) is 0 Å². The molecule has 128 valence electrons. The number of aromatic nitrogens is 2. The van der Waals surface area contributed by atoms with Crippen molar-refractivity contribution in [2.75, 3.05) is 6.54 Å². The van der Waals surface area contributed by atoms with E-state index in [-0.39, 0.29) is 12.1 Å². The van der Waals surface area contributed by atoms with Crippen LogP contribution in [0.2, 0.25) is 0 Å². The summed E-state index contributed by atoms with van der Waals surface area (Å²) >= 11 is 0. The van der Waals surface area contributed by atoms with Gasteiger partial charge in [0.2, 0.25) is 0 Å². The fourth-order valence-corrected chi connectivity index (χ4v) is 2.82. The first-order valence-electron chi connectivity index (χ1n) is 7.44. The van der Waals surface area contributed by atoms with Gasteiger partial charge in [-0.15, -0.1) is 0 Å². The first-order chi connectivity index (χ1) is 11.3. The fraction of sp³-hybridized carbons (Fsp3) is 0.375. The molecule has 0 aliphatic carbocycles. The molecule has 1 aliphatic rings. The van der Waals surface area contributed by atoms with Gasteiger partial charge in [0.1, 0.15) is 0 Å². The zero-order valence-electron chi connectivity index (χ0n) is 12.9. The molecule has 1 aliphatic heterocycles. The van der Waals surface area contributed by atoms with Gasteiger partial charge in [0.25, 0.3) is 5.91 Å². The zero-order chi connectivity index (χ0) is 17.5. The summed E-state index contributed by atoms with van der Waals surface area (Å²) in [6.45, 7) is 2.49. The largest absolute Gasteiger partial charge is 0.416 e. The molecule has 8 heteroatoms. The standard InChI is InChI=1S/C16H16F3N3O2/c1-9-12-8-22(6-5-13(12)21-20-9)15(24)14(23)10-3-2-4-11(7-10)16(17,18)19/h2-4,7,14,23H,5-6,8H2,1H3,(H,20,21). The first kappa shape index (κ1) is 16.5. The molecule has 2 aromatic rings. The van der Waals surface area contributed by atoms with Crippen molar-refractivity contribution in [3.8, 4) is 0 Å². The molecule has 0 spiro atoms. The number of H-pyrrole nitrogens is 1. The van der Waals surface area contributed by atoms with E-state index in [9.17, 15) is 23.1 Å². The Balaban J connectivity index is 1.80. The van der Waals surface area contributed by atoms with Gasteiger partial charge in [-0.2, -0.15) is 18.3 Å². The molecule has 24 heavy (non-hydrogen) atoms. The van der Waals surface area contributed by atoms with E-state index in [1.165, 1.54) is 17.0 Å². The predicted molar refractivity (Wildman–Crippen MR) is 78.8 cm³/mol. The van der Waals surface area contributed by atoms with Crippen LogP contribution in [-0.2, 0) is 23.9 Å². The van der Waals surface area contributed by atoms with Gasteiger partial charge in [0, 0.05) is 30.8 Å². The Bertz CT molecular complexity index is 770. The number of benzene rings is 1. The van der Waals surface area contributed by atoms with Crippen molar-refractivity contribution < 1.29 is 23.1 Å². The van der Waals surface area contributed by atoms with Gasteiger partial charge in [-0.1, -0.05) is 12.1 Å². The molecule has 3 rings (SSSR count). The minimum absolute atomic E-state index is 0.0652. The monoisotopic (exact) mass is 339 g/mol. The minimum Gasteiger partial charge on any atom is -0.378 e. The number of amides is 1. The second kappa shape index (κ2) is 5.94. The number of alkyl halides is 3. The highest BCUT2D eigenvalue weighted by Crippen LogP contribution is 2.31. The number of rotatable bonds is 2. The number of halogens is 3. The number of carbonyl (C=O) groups excluding carboxylic acids is 1. The van der Waals surface area contributed by atoms with Gasteiger partial charge in [-0.3, -0.25) is 9.89 Å². The van der Waals surface area contributed by atoms with Crippen LogP contribution >= 0.6 is 0 Å². The Morgan fingerprint density at radius 2 is 2.17 bits per heavy atom. The third-order valence-corrected chi connectivity index (χ3v) is 4.20. The topological polar surface area (TPSA) is 69.2 Å². The molecule has 1 unspecified atom stereocenters. The van der Waals surface area contributed by atoms with Crippen molar-refractivity contribution in [2.24, 2.45) is 0 Å². The van der Waals surface area contributed by atoms with E-state index in [1.807, 2.05) is 6.92 Å². The smallest absolute Gasteiger partial charge is 0.378 e. The molecular formula is C16H16F3N3O2. The van der Waals surface area contributed by atoms with E-state index in [4.69, 9.17) is 0 Å². The number of aryl methyl sites for hydroxylation is 1. The lowest BCUT2D eigenvalue weighted by Crippen LogP contribution is -2.39. The third-order valence-electron chi connectivity index (χ3n) is 4.20. The number of aliphatic hydroxyl groups is 1. The van der Waals surface area contributed by atoms with Crippen LogP contribution in [0, 0.1) is 6.92 Å². The number of nitrogens with one attached hydrogen (secondary N) is 1. The normalized spacial score (nSPS) is 16.0. The molecule has 1 aromatic heterocycles. The van der Waals surface area contributed by atoms with E-state index >= 15 is 0 Å². The number of carbonyl (C=O) groups is 1. The van der Waals surface area contributed by atoms with Gasteiger partial charge in [-0.25, -0.2) is 0 Å². The van der Waals surface area contributed by atoms with Crippen LogP contribution in [0.1, 0.15) is 34.2 Å². The van der Waals surface area contributed by atoms with E-state index in [0.29, 0.717) is 13.0 Å². The molecule has 0 bridgehead atoms. The number of aliphatic hydroxyl groups excluding tert-OH is 1. The SMILES string of the molecule is Cc1[nH]nc2c1CN(C(=O)C(O)c1cccc(C(F)(F)F)c1)CC2. The summed E-state index contributed by atoms with van der Waals surface area (Å²) in [7, 11) is 0. The Hall–Kier alpha value is -2.35. The summed E-state index contributed by atoms with van der Waals surface area (Å²) in [5, 5.41) is 17.2. The lowest BCUT2D eigenvalue weighted by atomic mass is 10.0. The lowest BCUT2D eigenvalue weighted by Gasteiger charge is -2.29. The fourth-order valence-electron chi connectivity index (χ4n) is 2.82. The van der Waals surface area contributed by atoms with Crippen molar-refractivity contribution >= 4 is 5.91 Å². The number of nitrogens with zero attached hydrogens (tertiary/aromatic N) is 2. The summed E-state index contributed by atoms with van der Waals surface area (Å²) in [5.74, 6) is -0.611. The maximum atomic E-state index is 12.8. The maximum absolute atomic E-state index is 12.8. The van der Waals surface area contributed by atoms with Crippen molar-refractivity contribution in [3.05, 3.63) is 52.3 Å². The van der Waals surface area contributed by atoms with Gasteiger partial charge in [-0.05, 0) is 24.6 Å². The summed E-state index contributed by atoms with van der Waals surface area (Å²) in [4.78, 5) is 13.9. The first-order valence-corrected chi connectivity index (χ1v) is 7.44. The summed E-state index contributed by atoms with van der Waals surface area (Å²) in [6, 6.07) is 4.21. The molecule has 2 heterocycles. The average Bonchev–Trinajstić information content (AvgIpc) is 2.93. The van der Waals surface area contributed by atoms with Crippen LogP contribution in [0.3, 0.4) is 0 Å². The van der Waals surface area contributed by atoms with E-state index in [1.54, 1.807) is 0 Å². The quantitative estimate of drug-likeness (QED) is 0.882. The third kappa shape index (κ3) is 3.01. The second-order valence-electron chi connectivity index (χ2n) is 5.81. The number of hydrogen-bond acceptors (Lipinski definition) is 3.